The summed E-state index contributed by atoms with van der Waals surface area (Å²) in [6, 6.07) is 5.94. The third-order valence-electron chi connectivity index (χ3n) is 7.47. The molecule has 0 saturated heterocycles. The molecule has 0 spiro atoms. The van der Waals surface area contributed by atoms with Crippen molar-refractivity contribution in [2.24, 2.45) is 17.6 Å². The van der Waals surface area contributed by atoms with E-state index in [4.69, 9.17) is 15.9 Å². The molecule has 33 heavy (non-hydrogen) atoms. The molecule has 2 fully saturated rings. The smallest absolute Gasteiger partial charge is 0.349 e. The highest BCUT2D eigenvalue weighted by Crippen LogP contribution is 2.53. The van der Waals surface area contributed by atoms with Crippen molar-refractivity contribution in [2.75, 3.05) is 0 Å². The Morgan fingerprint density at radius 2 is 1.70 bits per heavy atom. The van der Waals surface area contributed by atoms with Crippen LogP contribution in [0.4, 0.5) is 0 Å². The maximum absolute atomic E-state index is 13.4. The summed E-state index contributed by atoms with van der Waals surface area (Å²) < 4.78 is 6.38. The van der Waals surface area contributed by atoms with Crippen LogP contribution in [0, 0.1) is 17.2 Å². The minimum absolute atomic E-state index is 0.0199. The number of ether oxygens (including phenoxy) is 1. The molecule has 2 aliphatic carbocycles. The number of carbonyl (C=O) groups is 1. The van der Waals surface area contributed by atoms with Gasteiger partial charge < -0.3 is 15.6 Å². The second-order valence-corrected chi connectivity index (χ2v) is 12.9. The first-order valence-electron chi connectivity index (χ1n) is 12.1. The highest BCUT2D eigenvalue weighted by Gasteiger charge is 2.53. The summed E-state index contributed by atoms with van der Waals surface area (Å²) >= 11 is 2.47. The van der Waals surface area contributed by atoms with Gasteiger partial charge in [-0.1, -0.05) is 76.0 Å². The molecule has 0 amide bonds. The van der Waals surface area contributed by atoms with Crippen LogP contribution in [0.3, 0.4) is 0 Å². The lowest BCUT2D eigenvalue weighted by molar-refractivity contribution is -0.174. The largest absolute Gasteiger partial charge is 0.511 e. The summed E-state index contributed by atoms with van der Waals surface area (Å²) in [4.78, 5) is 15.5. The Balaban J connectivity index is 1.69. The quantitative estimate of drug-likeness (QED) is 0.181. The number of aliphatic hydroxyl groups excluding tert-OH is 1. The molecule has 180 valence electrons. The third kappa shape index (κ3) is 5.09. The van der Waals surface area contributed by atoms with E-state index in [1.807, 2.05) is 18.2 Å². The van der Waals surface area contributed by atoms with Crippen molar-refractivity contribution in [3.8, 4) is 0 Å². The zero-order valence-corrected chi connectivity index (χ0v) is 21.5. The normalized spacial score (nSPS) is 22.1. The molecule has 1 aliphatic heterocycles. The minimum atomic E-state index is -0.544. The van der Waals surface area contributed by atoms with E-state index in [1.165, 1.54) is 49.2 Å². The first-order valence-corrected chi connectivity index (χ1v) is 13.7. The maximum atomic E-state index is 13.4. The number of nitrogens with two attached hydrogens (primary N) is 1. The van der Waals surface area contributed by atoms with Gasteiger partial charge in [0.2, 0.25) is 0 Å². The number of esters is 1. The lowest BCUT2D eigenvalue weighted by Crippen LogP contribution is -2.50. The van der Waals surface area contributed by atoms with Crippen LogP contribution in [0.25, 0.3) is 0 Å². The van der Waals surface area contributed by atoms with Crippen molar-refractivity contribution in [1.29, 1.82) is 5.41 Å². The molecule has 1 aromatic rings. The molecule has 5 nitrogen and oxygen atoms in total. The predicted molar refractivity (Wildman–Crippen MR) is 136 cm³/mol. The molecular weight excluding hydrogens is 452 g/mol. The molecule has 3 aliphatic rings. The second kappa shape index (κ2) is 9.57. The van der Waals surface area contributed by atoms with Crippen molar-refractivity contribution < 1.29 is 14.6 Å². The number of hydrogen-bond donors (Lipinski definition) is 3. The standard InChI is InChI=1S/C26H36N2O3S2/c1-25(2,3)19-13-12-18(32-24(27)28)14-21(19)33-22-20(29)15-26(31-23(22)30,16-8-4-5-9-16)17-10-6-7-11-17/h12-14,16-17,29H,4-11,15H2,1-3H3,(H3,27,28). The van der Waals surface area contributed by atoms with Gasteiger partial charge >= 0.3 is 5.97 Å². The van der Waals surface area contributed by atoms with Gasteiger partial charge in [-0.25, -0.2) is 4.79 Å². The first-order chi connectivity index (χ1) is 15.6. The fourth-order valence-corrected chi connectivity index (χ4v) is 7.79. The highest BCUT2D eigenvalue weighted by molar-refractivity contribution is 8.13. The van der Waals surface area contributed by atoms with Crippen molar-refractivity contribution >= 4 is 34.7 Å². The van der Waals surface area contributed by atoms with Gasteiger partial charge in [0, 0.05) is 16.2 Å². The monoisotopic (exact) mass is 488 g/mol. The van der Waals surface area contributed by atoms with E-state index >= 15 is 0 Å². The highest BCUT2D eigenvalue weighted by atomic mass is 32.2. The number of nitrogens with one attached hydrogen (secondary N) is 1. The summed E-state index contributed by atoms with van der Waals surface area (Å²) in [5, 5.41) is 18.9. The Hall–Kier alpha value is -1.60. The SMILES string of the molecule is CC(C)(C)c1ccc(SC(=N)N)cc1SC1=C(O)CC(C2CCCC2)(C2CCCC2)OC1=O. The summed E-state index contributed by atoms with van der Waals surface area (Å²) in [7, 11) is 0. The van der Waals surface area contributed by atoms with E-state index in [0.717, 1.165) is 41.0 Å². The van der Waals surface area contributed by atoms with E-state index in [0.29, 0.717) is 23.2 Å². The molecule has 0 radical (unpaired) electrons. The molecule has 1 aromatic carbocycles. The molecule has 1 heterocycles. The van der Waals surface area contributed by atoms with Gasteiger partial charge in [-0.05, 0) is 60.6 Å². The van der Waals surface area contributed by atoms with Crippen LogP contribution >= 0.6 is 23.5 Å². The second-order valence-electron chi connectivity index (χ2n) is 10.7. The van der Waals surface area contributed by atoms with E-state index in [9.17, 15) is 9.90 Å². The molecule has 2 saturated carbocycles. The van der Waals surface area contributed by atoms with Gasteiger partial charge in [0.15, 0.2) is 5.17 Å². The minimum Gasteiger partial charge on any atom is -0.511 e. The zero-order valence-electron chi connectivity index (χ0n) is 19.9. The van der Waals surface area contributed by atoms with Gasteiger partial charge in [0.1, 0.15) is 16.3 Å². The molecule has 0 unspecified atom stereocenters. The van der Waals surface area contributed by atoms with Crippen molar-refractivity contribution in [3.05, 3.63) is 34.4 Å². The van der Waals surface area contributed by atoms with Gasteiger partial charge in [-0.3, -0.25) is 5.41 Å². The molecular formula is C26H36N2O3S2. The Bertz CT molecular complexity index is 939. The number of aliphatic hydroxyl groups is 1. The summed E-state index contributed by atoms with van der Waals surface area (Å²) in [5.41, 5.74) is 5.98. The number of amidine groups is 1. The van der Waals surface area contributed by atoms with E-state index in [2.05, 4.69) is 20.8 Å². The summed E-state index contributed by atoms with van der Waals surface area (Å²) in [5.74, 6) is 0.490. The fraction of sp³-hybridized carbons (Fsp3) is 0.615. The Labute approximate surface area is 205 Å². The molecule has 4 rings (SSSR count). The number of carbonyl (C=O) groups excluding carboxylic acids is 1. The van der Waals surface area contributed by atoms with Crippen molar-refractivity contribution in [1.82, 2.24) is 0 Å². The van der Waals surface area contributed by atoms with Gasteiger partial charge in [0.05, 0.1) is 0 Å². The number of benzene rings is 1. The molecule has 0 bridgehead atoms. The summed E-state index contributed by atoms with van der Waals surface area (Å²) in [6.07, 6.45) is 9.47. The number of rotatable bonds is 5. The van der Waals surface area contributed by atoms with Crippen LogP contribution in [0.2, 0.25) is 0 Å². The summed E-state index contributed by atoms with van der Waals surface area (Å²) in [6.45, 7) is 6.38. The van der Waals surface area contributed by atoms with Crippen molar-refractivity contribution in [3.63, 3.8) is 0 Å². The zero-order chi connectivity index (χ0) is 23.8. The van der Waals surface area contributed by atoms with Crippen molar-refractivity contribution in [2.45, 2.75) is 99.4 Å². The van der Waals surface area contributed by atoms with Gasteiger partial charge in [0.25, 0.3) is 0 Å². The predicted octanol–water partition coefficient (Wildman–Crippen LogP) is 6.90. The van der Waals surface area contributed by atoms with Crippen LogP contribution in [0.15, 0.2) is 38.7 Å². The molecule has 7 heteroatoms. The van der Waals surface area contributed by atoms with E-state index < -0.39 is 5.60 Å². The number of thioether (sulfide) groups is 2. The van der Waals surface area contributed by atoms with Crippen LogP contribution in [-0.2, 0) is 14.9 Å². The van der Waals surface area contributed by atoms with Crippen LogP contribution < -0.4 is 5.73 Å². The lowest BCUT2D eigenvalue weighted by Gasteiger charge is -2.45. The Morgan fingerprint density at radius 1 is 1.12 bits per heavy atom. The average molecular weight is 489 g/mol. The maximum Gasteiger partial charge on any atom is 0.349 e. The lowest BCUT2D eigenvalue weighted by atomic mass is 9.71. The fourth-order valence-electron chi connectivity index (χ4n) is 5.94. The van der Waals surface area contributed by atoms with Crippen LogP contribution in [-0.4, -0.2) is 21.8 Å². The first kappa shape index (κ1) is 24.5. The number of cyclic esters (lactones) is 1. The molecule has 0 aromatic heterocycles. The van der Waals surface area contributed by atoms with Gasteiger partial charge in [-0.2, -0.15) is 0 Å². The van der Waals surface area contributed by atoms with Gasteiger partial charge in [-0.15, -0.1) is 0 Å². The topological polar surface area (TPSA) is 96.4 Å². The average Bonchev–Trinajstić information content (AvgIpc) is 3.44. The number of hydrogen-bond acceptors (Lipinski definition) is 6. The molecule has 4 N–H and O–H groups in total. The molecule has 0 atom stereocenters. The third-order valence-corrected chi connectivity index (χ3v) is 9.34. The van der Waals surface area contributed by atoms with Crippen LogP contribution in [0.5, 0.6) is 0 Å². The Morgan fingerprint density at radius 3 is 2.18 bits per heavy atom. The Kier molecular flexibility index (Phi) is 7.11. The van der Waals surface area contributed by atoms with E-state index in [-0.39, 0.29) is 22.3 Å². The van der Waals surface area contributed by atoms with E-state index in [1.54, 1.807) is 0 Å². The van der Waals surface area contributed by atoms with Crippen LogP contribution in [0.1, 0.15) is 84.1 Å².